The number of aromatic amines is 1. The van der Waals surface area contributed by atoms with Crippen LogP contribution in [-0.4, -0.2) is 15.0 Å². The van der Waals surface area contributed by atoms with Crippen molar-refractivity contribution in [3.63, 3.8) is 0 Å². The second-order valence-electron chi connectivity index (χ2n) is 5.03. The molecule has 1 N–H and O–H groups in total. The lowest BCUT2D eigenvalue weighted by atomic mass is 10.2. The van der Waals surface area contributed by atoms with E-state index in [2.05, 4.69) is 52.9 Å². The smallest absolute Gasteiger partial charge is 0.258 e. The molecular formula is C16H9Br2N3OS2. The van der Waals surface area contributed by atoms with Gasteiger partial charge in [-0.25, -0.2) is 9.97 Å². The maximum Gasteiger partial charge on any atom is 0.258 e. The highest BCUT2D eigenvalue weighted by molar-refractivity contribution is 9.11. The number of fused-ring (bicyclic) bond motifs is 2. The van der Waals surface area contributed by atoms with E-state index in [1.807, 2.05) is 24.3 Å². The van der Waals surface area contributed by atoms with Gasteiger partial charge in [-0.05, 0) is 40.2 Å². The quantitative estimate of drug-likeness (QED) is 0.400. The molecule has 2 aromatic heterocycles. The van der Waals surface area contributed by atoms with Crippen LogP contribution in [0.3, 0.4) is 0 Å². The maximum absolute atomic E-state index is 12.3. The van der Waals surface area contributed by atoms with Gasteiger partial charge >= 0.3 is 0 Å². The zero-order valence-corrected chi connectivity index (χ0v) is 16.9. The van der Waals surface area contributed by atoms with Crippen molar-refractivity contribution >= 4 is 76.1 Å². The Hall–Kier alpha value is -1.22. The summed E-state index contributed by atoms with van der Waals surface area (Å²) in [5, 5.41) is 0.560. The van der Waals surface area contributed by atoms with Crippen LogP contribution in [0, 0.1) is 0 Å². The molecule has 0 aliphatic rings. The minimum absolute atomic E-state index is 0.137. The molecular weight excluding hydrogens is 474 g/mol. The van der Waals surface area contributed by atoms with Crippen LogP contribution in [0.5, 0.6) is 0 Å². The number of hydrogen-bond donors (Lipinski definition) is 1. The highest BCUT2D eigenvalue weighted by Gasteiger charge is 2.10. The van der Waals surface area contributed by atoms with Gasteiger partial charge in [-0.1, -0.05) is 39.8 Å². The Morgan fingerprint density at radius 3 is 2.83 bits per heavy atom. The van der Waals surface area contributed by atoms with E-state index in [1.54, 1.807) is 29.2 Å². The van der Waals surface area contributed by atoms with Gasteiger partial charge in [-0.2, -0.15) is 0 Å². The van der Waals surface area contributed by atoms with Crippen molar-refractivity contribution < 1.29 is 0 Å². The standard InChI is InChI=1S/C16H9Br2N3OS2/c17-8-5-9-14(10(18)6-8)20-13(21-15(9)22)7-23-16-19-11-3-1-2-4-12(11)24-16/h1-6H,7H2,(H,20,21,22). The molecule has 4 nitrogen and oxygen atoms in total. The number of halogens is 2. The van der Waals surface area contributed by atoms with E-state index in [1.165, 1.54) is 0 Å². The Labute approximate surface area is 162 Å². The van der Waals surface area contributed by atoms with Crippen molar-refractivity contribution in [1.82, 2.24) is 15.0 Å². The summed E-state index contributed by atoms with van der Waals surface area (Å²) < 4.78 is 3.76. The minimum Gasteiger partial charge on any atom is -0.309 e. The molecule has 8 heteroatoms. The van der Waals surface area contributed by atoms with E-state index in [0.29, 0.717) is 22.5 Å². The topological polar surface area (TPSA) is 58.6 Å². The normalized spacial score (nSPS) is 11.4. The molecule has 0 saturated carbocycles. The van der Waals surface area contributed by atoms with Crippen LogP contribution < -0.4 is 5.56 Å². The summed E-state index contributed by atoms with van der Waals surface area (Å²) in [6, 6.07) is 11.7. The van der Waals surface area contributed by atoms with Gasteiger partial charge in [0.2, 0.25) is 0 Å². The third-order valence-corrected chi connectivity index (χ3v) is 6.64. The van der Waals surface area contributed by atoms with Gasteiger partial charge in [0.05, 0.1) is 26.9 Å². The first kappa shape index (κ1) is 16.3. The van der Waals surface area contributed by atoms with Gasteiger partial charge in [0.15, 0.2) is 4.34 Å². The van der Waals surface area contributed by atoms with Gasteiger partial charge in [-0.15, -0.1) is 11.3 Å². The number of thioether (sulfide) groups is 1. The molecule has 4 rings (SSSR count). The second kappa shape index (κ2) is 6.59. The third kappa shape index (κ3) is 3.15. The zero-order chi connectivity index (χ0) is 16.7. The van der Waals surface area contributed by atoms with E-state index < -0.39 is 0 Å². The van der Waals surface area contributed by atoms with E-state index in [4.69, 9.17) is 0 Å². The first-order valence-corrected chi connectivity index (χ1v) is 10.4. The maximum atomic E-state index is 12.3. The van der Waals surface area contributed by atoms with E-state index in [-0.39, 0.29) is 5.56 Å². The molecule has 0 atom stereocenters. The summed E-state index contributed by atoms with van der Waals surface area (Å²) >= 11 is 10.1. The predicted octanol–water partition coefficient (Wildman–Crippen LogP) is 5.35. The Morgan fingerprint density at radius 1 is 1.17 bits per heavy atom. The summed E-state index contributed by atoms with van der Waals surface area (Å²) in [7, 11) is 0. The summed E-state index contributed by atoms with van der Waals surface area (Å²) in [6.45, 7) is 0. The fourth-order valence-electron chi connectivity index (χ4n) is 2.33. The minimum atomic E-state index is -0.137. The van der Waals surface area contributed by atoms with Crippen LogP contribution in [0.15, 0.2) is 54.5 Å². The molecule has 0 spiro atoms. The first-order valence-electron chi connectivity index (χ1n) is 6.96. The molecule has 0 aliphatic heterocycles. The van der Waals surface area contributed by atoms with Crippen molar-refractivity contribution in [3.05, 3.63) is 61.5 Å². The zero-order valence-electron chi connectivity index (χ0n) is 12.0. The van der Waals surface area contributed by atoms with Crippen LogP contribution in [-0.2, 0) is 5.75 Å². The molecule has 0 saturated heterocycles. The number of thiazole rings is 1. The fourth-order valence-corrected chi connectivity index (χ4v) is 5.58. The predicted molar refractivity (Wildman–Crippen MR) is 107 cm³/mol. The number of rotatable bonds is 3. The molecule has 0 amide bonds. The van der Waals surface area contributed by atoms with Crippen LogP contribution in [0.2, 0.25) is 0 Å². The lowest BCUT2D eigenvalue weighted by Crippen LogP contribution is -2.11. The number of H-pyrrole nitrogens is 1. The molecule has 24 heavy (non-hydrogen) atoms. The summed E-state index contributed by atoms with van der Waals surface area (Å²) in [4.78, 5) is 24.3. The van der Waals surface area contributed by atoms with Crippen molar-refractivity contribution in [3.8, 4) is 0 Å². The third-order valence-electron chi connectivity index (χ3n) is 3.38. The Balaban J connectivity index is 1.66. The van der Waals surface area contributed by atoms with Gasteiger partial charge in [0, 0.05) is 8.95 Å². The highest BCUT2D eigenvalue weighted by atomic mass is 79.9. The Morgan fingerprint density at radius 2 is 2.00 bits per heavy atom. The fraction of sp³-hybridized carbons (Fsp3) is 0.0625. The number of nitrogens with one attached hydrogen (secondary N) is 1. The Bertz CT molecular complexity index is 1090. The van der Waals surface area contributed by atoms with E-state index in [9.17, 15) is 4.79 Å². The average molecular weight is 483 g/mol. The largest absolute Gasteiger partial charge is 0.309 e. The van der Waals surface area contributed by atoms with Gasteiger partial charge in [-0.3, -0.25) is 4.79 Å². The number of para-hydroxylation sites is 1. The SMILES string of the molecule is O=c1[nH]c(CSc2nc3ccccc3s2)nc2c(Br)cc(Br)cc12. The van der Waals surface area contributed by atoms with Crippen LogP contribution >= 0.6 is 55.0 Å². The van der Waals surface area contributed by atoms with Crippen LogP contribution in [0.4, 0.5) is 0 Å². The summed E-state index contributed by atoms with van der Waals surface area (Å²) in [5.74, 6) is 1.20. The lowest BCUT2D eigenvalue weighted by molar-refractivity contribution is 1.04. The average Bonchev–Trinajstić information content (AvgIpc) is 2.97. The molecule has 0 fully saturated rings. The molecule has 0 unspecified atom stereocenters. The van der Waals surface area contributed by atoms with Crippen LogP contribution in [0.1, 0.15) is 5.82 Å². The van der Waals surface area contributed by atoms with Gasteiger partial charge < -0.3 is 4.98 Å². The molecule has 120 valence electrons. The van der Waals surface area contributed by atoms with Crippen LogP contribution in [0.25, 0.3) is 21.1 Å². The molecule has 2 heterocycles. The van der Waals surface area contributed by atoms with E-state index >= 15 is 0 Å². The van der Waals surface area contributed by atoms with Crippen molar-refractivity contribution in [2.45, 2.75) is 10.1 Å². The van der Waals surface area contributed by atoms with Crippen molar-refractivity contribution in [1.29, 1.82) is 0 Å². The number of nitrogens with zero attached hydrogens (tertiary/aromatic N) is 2. The Kier molecular flexibility index (Phi) is 4.46. The number of hydrogen-bond acceptors (Lipinski definition) is 5. The summed E-state index contributed by atoms with van der Waals surface area (Å²) in [5.41, 5.74) is 1.53. The van der Waals surface area contributed by atoms with Crippen molar-refractivity contribution in [2.75, 3.05) is 0 Å². The molecule has 0 radical (unpaired) electrons. The summed E-state index contributed by atoms with van der Waals surface area (Å²) in [6.07, 6.45) is 0. The molecule has 4 aromatic rings. The number of aromatic nitrogens is 3. The van der Waals surface area contributed by atoms with Gasteiger partial charge in [0.1, 0.15) is 5.82 Å². The second-order valence-corrected chi connectivity index (χ2v) is 9.06. The first-order chi connectivity index (χ1) is 11.6. The highest BCUT2D eigenvalue weighted by Crippen LogP contribution is 2.31. The van der Waals surface area contributed by atoms with Crippen molar-refractivity contribution in [2.24, 2.45) is 0 Å². The monoisotopic (exact) mass is 481 g/mol. The van der Waals surface area contributed by atoms with E-state index in [0.717, 1.165) is 23.5 Å². The molecule has 2 aromatic carbocycles. The lowest BCUT2D eigenvalue weighted by Gasteiger charge is -2.04. The molecule has 0 aliphatic carbocycles. The number of benzene rings is 2. The molecule has 0 bridgehead atoms. The van der Waals surface area contributed by atoms with Gasteiger partial charge in [0.25, 0.3) is 5.56 Å².